The van der Waals surface area contributed by atoms with E-state index in [4.69, 9.17) is 22.1 Å². The summed E-state index contributed by atoms with van der Waals surface area (Å²) in [6.07, 6.45) is 3.32. The molecule has 0 aliphatic carbocycles. The van der Waals surface area contributed by atoms with E-state index in [0.29, 0.717) is 33.3 Å². The fraction of sp³-hybridized carbons (Fsp3) is 0.333. The Kier molecular flexibility index (Phi) is 7.81. The molecule has 0 spiro atoms. The highest BCUT2D eigenvalue weighted by atomic mass is 35.5. The lowest BCUT2D eigenvalue weighted by molar-refractivity contribution is -0.151. The number of methoxy groups -OCH3 is 1. The number of esters is 1. The van der Waals surface area contributed by atoms with Gasteiger partial charge in [-0.05, 0) is 47.7 Å². The van der Waals surface area contributed by atoms with Crippen LogP contribution < -0.4 is 14.9 Å². The molecule has 196 valence electrons. The number of aromatic nitrogens is 2. The zero-order chi connectivity index (χ0) is 26.9. The normalized spacial score (nSPS) is 17.1. The first-order valence-corrected chi connectivity index (χ1v) is 12.8. The van der Waals surface area contributed by atoms with E-state index < -0.39 is 35.2 Å². The summed E-state index contributed by atoms with van der Waals surface area (Å²) in [4.78, 5) is 37.9. The molecule has 1 aliphatic rings. The predicted octanol–water partition coefficient (Wildman–Crippen LogP) is 2.26. The summed E-state index contributed by atoms with van der Waals surface area (Å²) in [6.45, 7) is 0.183. The number of hydrogen-bond donors (Lipinski definition) is 2. The quantitative estimate of drug-likeness (QED) is 0.321. The summed E-state index contributed by atoms with van der Waals surface area (Å²) < 4.78 is 28.5. The van der Waals surface area contributed by atoms with E-state index in [1.165, 1.54) is 18.2 Å². The number of nitrogen functional groups attached to an aromatic ring is 1. The molecule has 0 bridgehead atoms. The molecule has 1 unspecified atom stereocenters. The summed E-state index contributed by atoms with van der Waals surface area (Å²) in [5, 5.41) is 1.84. The van der Waals surface area contributed by atoms with Gasteiger partial charge in [-0.3, -0.25) is 13.7 Å². The monoisotopic (exact) mass is 546 g/mol. The van der Waals surface area contributed by atoms with Gasteiger partial charge in [0.2, 0.25) is 5.91 Å². The minimum Gasteiger partial charge on any atom is -0.467 e. The van der Waals surface area contributed by atoms with E-state index in [9.17, 15) is 18.4 Å². The lowest BCUT2D eigenvalue weighted by Gasteiger charge is -2.29. The number of carbonyl (C=O) groups excluding carboxylic acids is 2. The molecule has 13 heteroatoms. The summed E-state index contributed by atoms with van der Waals surface area (Å²) in [6, 6.07) is 6.62. The van der Waals surface area contributed by atoms with Crippen LogP contribution in [0.1, 0.15) is 12.0 Å². The molecule has 4 rings (SSSR count). The van der Waals surface area contributed by atoms with Crippen molar-refractivity contribution in [1.82, 2.24) is 14.9 Å². The van der Waals surface area contributed by atoms with Gasteiger partial charge in [0, 0.05) is 43.7 Å². The number of nitrogens with two attached hydrogens (primary N) is 1. The molecule has 1 saturated heterocycles. The maximum atomic E-state index is 13.5. The first-order valence-electron chi connectivity index (χ1n) is 11.4. The van der Waals surface area contributed by atoms with Gasteiger partial charge in [-0.25, -0.2) is 19.0 Å². The minimum atomic E-state index is -2.51. The van der Waals surface area contributed by atoms with Crippen LogP contribution in [0.4, 0.5) is 17.3 Å². The average molecular weight is 547 g/mol. The number of anilines is 3. The summed E-state index contributed by atoms with van der Waals surface area (Å²) in [5.74, 6) is -0.103. The van der Waals surface area contributed by atoms with Crippen LogP contribution in [0.5, 0.6) is 0 Å². The smallest absolute Gasteiger partial charge is 0.328 e. The Morgan fingerprint density at radius 3 is 2.70 bits per heavy atom. The topological polar surface area (TPSA) is 142 Å². The number of nitrogens with zero attached hydrogens (tertiary/aromatic N) is 5. The number of ether oxygens (including phenoxy) is 1. The molecule has 2 aromatic heterocycles. The van der Waals surface area contributed by atoms with Gasteiger partial charge in [0.15, 0.2) is 0 Å². The molecule has 37 heavy (non-hydrogen) atoms. The van der Waals surface area contributed by atoms with E-state index in [-0.39, 0.29) is 19.4 Å². The lowest BCUT2D eigenvalue weighted by Crippen LogP contribution is -2.49. The van der Waals surface area contributed by atoms with Crippen LogP contribution in [-0.4, -0.2) is 75.3 Å². The predicted molar refractivity (Wildman–Crippen MR) is 143 cm³/mol. The maximum absolute atomic E-state index is 13.5. The Balaban J connectivity index is 1.63. The molecule has 1 amide bonds. The van der Waals surface area contributed by atoms with Crippen molar-refractivity contribution in [3.8, 4) is 0 Å². The second-order valence-electron chi connectivity index (χ2n) is 8.77. The molecule has 1 aromatic carbocycles. The zero-order valence-electron chi connectivity index (χ0n) is 20.5. The first kappa shape index (κ1) is 26.6. The number of likely N-dealkylation sites (tertiary alicyclic amines) is 1. The number of hydrogen-bond acceptors (Lipinski definition) is 8. The molecule has 0 saturated carbocycles. The third-order valence-electron chi connectivity index (χ3n) is 6.33. The molecule has 1 aliphatic heterocycles. The van der Waals surface area contributed by atoms with Gasteiger partial charge in [0.25, 0.3) is 11.3 Å². The zero-order valence-corrected chi connectivity index (χ0v) is 22.1. The van der Waals surface area contributed by atoms with Gasteiger partial charge in [-0.1, -0.05) is 11.6 Å². The minimum absolute atomic E-state index is 0.0867. The Hall–Kier alpha value is -3.48. The van der Waals surface area contributed by atoms with Crippen molar-refractivity contribution in [2.75, 3.05) is 42.7 Å². The van der Waals surface area contributed by atoms with Crippen molar-refractivity contribution in [2.24, 2.45) is 0 Å². The largest absolute Gasteiger partial charge is 0.467 e. The lowest BCUT2D eigenvalue weighted by atomic mass is 10.0. The summed E-state index contributed by atoms with van der Waals surface area (Å²) >= 11 is 4.01. The van der Waals surface area contributed by atoms with Gasteiger partial charge >= 0.3 is 5.97 Å². The van der Waals surface area contributed by atoms with Crippen LogP contribution in [0, 0.1) is 0 Å². The van der Waals surface area contributed by atoms with Gasteiger partial charge in [0.1, 0.15) is 23.7 Å². The van der Waals surface area contributed by atoms with E-state index in [1.54, 1.807) is 41.4 Å². The number of pyridine rings is 2. The van der Waals surface area contributed by atoms with Crippen molar-refractivity contribution in [3.05, 3.63) is 53.3 Å². The van der Waals surface area contributed by atoms with Crippen LogP contribution in [0.25, 0.3) is 10.8 Å². The Morgan fingerprint density at radius 2 is 2.08 bits per heavy atom. The molecular formula is C24H27ClN6O5S. The second kappa shape index (κ2) is 10.9. The number of rotatable bonds is 8. The van der Waals surface area contributed by atoms with Crippen LogP contribution in [0.3, 0.4) is 0 Å². The maximum Gasteiger partial charge on any atom is 0.328 e. The SMILES string of the molecule is COC(=O)[C@@H](Cc1cc2ccnc(N)c2cc1Cl)N1CC[C@H](N(c2ccc(N(C)C)nc2)S(=O)O)C1=O. The van der Waals surface area contributed by atoms with Crippen molar-refractivity contribution < 1.29 is 23.1 Å². The van der Waals surface area contributed by atoms with Crippen molar-refractivity contribution in [2.45, 2.75) is 24.9 Å². The second-order valence-corrected chi connectivity index (χ2v) is 10.0. The fourth-order valence-corrected chi connectivity index (χ4v) is 5.39. The van der Waals surface area contributed by atoms with E-state index in [2.05, 4.69) is 9.97 Å². The summed E-state index contributed by atoms with van der Waals surface area (Å²) in [7, 11) is 4.89. The number of amides is 1. The van der Waals surface area contributed by atoms with Gasteiger partial charge in [-0.2, -0.15) is 0 Å². The molecule has 3 heterocycles. The summed E-state index contributed by atoms with van der Waals surface area (Å²) in [5.41, 5.74) is 6.88. The third kappa shape index (κ3) is 5.31. The third-order valence-corrected chi connectivity index (χ3v) is 7.49. The molecule has 0 radical (unpaired) electrons. The highest BCUT2D eigenvalue weighted by Crippen LogP contribution is 2.31. The van der Waals surface area contributed by atoms with E-state index >= 15 is 0 Å². The molecular weight excluding hydrogens is 520 g/mol. The molecule has 3 N–H and O–H groups in total. The van der Waals surface area contributed by atoms with Crippen molar-refractivity contribution >= 4 is 62.8 Å². The number of benzene rings is 1. The van der Waals surface area contributed by atoms with Gasteiger partial charge < -0.3 is 20.3 Å². The van der Waals surface area contributed by atoms with Crippen molar-refractivity contribution in [3.63, 3.8) is 0 Å². The average Bonchev–Trinajstić information content (AvgIpc) is 3.23. The van der Waals surface area contributed by atoms with Crippen LogP contribution in [-0.2, 0) is 32.0 Å². The highest BCUT2D eigenvalue weighted by Gasteiger charge is 2.44. The molecule has 3 aromatic rings. The number of carbonyl (C=O) groups is 2. The number of halogens is 1. The molecule has 3 atom stereocenters. The fourth-order valence-electron chi connectivity index (χ4n) is 4.45. The van der Waals surface area contributed by atoms with Crippen LogP contribution >= 0.6 is 11.6 Å². The van der Waals surface area contributed by atoms with E-state index in [0.717, 1.165) is 9.69 Å². The molecule has 11 nitrogen and oxygen atoms in total. The number of fused-ring (bicyclic) bond motifs is 1. The Labute approximate surface area is 221 Å². The highest BCUT2D eigenvalue weighted by molar-refractivity contribution is 7.80. The Morgan fingerprint density at radius 1 is 1.32 bits per heavy atom. The van der Waals surface area contributed by atoms with Crippen LogP contribution in [0.15, 0.2) is 42.7 Å². The standard InChI is InChI=1S/C24H27ClN6O5S/c1-29(2)21-5-4-16(13-28-21)31(37(34)35)19-7-9-30(23(19)32)20(24(33)36-3)11-15-10-14-6-8-27-22(26)17(14)12-18(15)25/h4-6,8,10,12-13,19-20H,7,9,11H2,1-3H3,(H2,26,27)(H,34,35)/t19-,20+/m0/s1. The van der Waals surface area contributed by atoms with Gasteiger partial charge in [0.05, 0.1) is 19.0 Å². The first-order chi connectivity index (χ1) is 17.6. The van der Waals surface area contributed by atoms with Gasteiger partial charge in [-0.15, -0.1) is 0 Å². The molecule has 1 fully saturated rings. The Bertz CT molecular complexity index is 1360. The van der Waals surface area contributed by atoms with E-state index in [1.807, 2.05) is 14.1 Å². The van der Waals surface area contributed by atoms with Crippen molar-refractivity contribution in [1.29, 1.82) is 0 Å². The van der Waals surface area contributed by atoms with Crippen LogP contribution in [0.2, 0.25) is 5.02 Å².